The molecule has 0 aliphatic carbocycles. The van der Waals surface area contributed by atoms with Crippen LogP contribution >= 0.6 is 0 Å². The third-order valence-electron chi connectivity index (χ3n) is 3.81. The van der Waals surface area contributed by atoms with Crippen LogP contribution in [0, 0.1) is 0 Å². The Hall–Kier alpha value is -3.06. The van der Waals surface area contributed by atoms with E-state index in [0.29, 0.717) is 5.56 Å². The molecule has 0 radical (unpaired) electrons. The highest BCUT2D eigenvalue weighted by atomic mass is 16.5. The molecule has 2 rings (SSSR count). The van der Waals surface area contributed by atoms with Crippen molar-refractivity contribution in [2.75, 3.05) is 0 Å². The lowest BCUT2D eigenvalue weighted by molar-refractivity contribution is -0.144. The number of benzene rings is 2. The van der Waals surface area contributed by atoms with Gasteiger partial charge in [0, 0.05) is 6.42 Å². The average Bonchev–Trinajstić information content (AvgIpc) is 2.62. The van der Waals surface area contributed by atoms with Gasteiger partial charge in [0.2, 0.25) is 5.91 Å². The van der Waals surface area contributed by atoms with Crippen molar-refractivity contribution >= 4 is 11.9 Å². The molecule has 0 aliphatic heterocycles. The van der Waals surface area contributed by atoms with Gasteiger partial charge in [-0.2, -0.15) is 0 Å². The second kappa shape index (κ2) is 8.87. The second-order valence-electron chi connectivity index (χ2n) is 5.87. The van der Waals surface area contributed by atoms with Crippen molar-refractivity contribution < 1.29 is 29.6 Å². The van der Waals surface area contributed by atoms with Crippen LogP contribution in [0.5, 0.6) is 11.5 Å². The lowest BCUT2D eigenvalue weighted by Crippen LogP contribution is -2.46. The van der Waals surface area contributed by atoms with Crippen molar-refractivity contribution in [3.63, 3.8) is 0 Å². The number of rotatable bonds is 8. The van der Waals surface area contributed by atoms with E-state index in [0.717, 1.165) is 5.56 Å². The van der Waals surface area contributed by atoms with Gasteiger partial charge in [-0.25, -0.2) is 4.79 Å². The van der Waals surface area contributed by atoms with Crippen LogP contribution < -0.4 is 5.32 Å². The number of hydrogen-bond acceptors (Lipinski definition) is 5. The Morgan fingerprint density at radius 1 is 1.04 bits per heavy atom. The number of carbonyl (C=O) groups is 2. The first-order valence-electron chi connectivity index (χ1n) is 8.06. The van der Waals surface area contributed by atoms with Gasteiger partial charge in [0.1, 0.15) is 12.1 Å². The predicted molar refractivity (Wildman–Crippen MR) is 93.7 cm³/mol. The summed E-state index contributed by atoms with van der Waals surface area (Å²) >= 11 is 0. The number of nitrogens with one attached hydrogen (secondary N) is 1. The van der Waals surface area contributed by atoms with Crippen molar-refractivity contribution in [2.45, 2.75) is 32.1 Å². The number of phenols is 2. The van der Waals surface area contributed by atoms with Crippen LogP contribution in [0.2, 0.25) is 0 Å². The molecule has 2 unspecified atom stereocenters. The van der Waals surface area contributed by atoms with Crippen molar-refractivity contribution in [2.24, 2.45) is 0 Å². The number of carboxylic acids is 1. The van der Waals surface area contributed by atoms with E-state index in [1.165, 1.54) is 18.2 Å². The molecule has 138 valence electrons. The highest BCUT2D eigenvalue weighted by Gasteiger charge is 2.24. The Kier molecular flexibility index (Phi) is 6.57. The van der Waals surface area contributed by atoms with Crippen LogP contribution in [0.4, 0.5) is 0 Å². The van der Waals surface area contributed by atoms with Gasteiger partial charge in [0.05, 0.1) is 6.61 Å². The lowest BCUT2D eigenvalue weighted by Gasteiger charge is -2.18. The molecule has 0 saturated heterocycles. The zero-order chi connectivity index (χ0) is 19.1. The fourth-order valence-corrected chi connectivity index (χ4v) is 2.29. The molecule has 2 aromatic carbocycles. The highest BCUT2D eigenvalue weighted by Crippen LogP contribution is 2.25. The van der Waals surface area contributed by atoms with Gasteiger partial charge >= 0.3 is 5.97 Å². The summed E-state index contributed by atoms with van der Waals surface area (Å²) in [5, 5.41) is 30.6. The van der Waals surface area contributed by atoms with Crippen molar-refractivity contribution in [3.05, 3.63) is 59.7 Å². The van der Waals surface area contributed by atoms with Crippen molar-refractivity contribution in [1.82, 2.24) is 5.32 Å². The molecule has 0 saturated carbocycles. The molecule has 4 N–H and O–H groups in total. The first-order chi connectivity index (χ1) is 12.4. The predicted octanol–water partition coefficient (Wildman–Crippen LogP) is 1.81. The largest absolute Gasteiger partial charge is 0.504 e. The molecule has 0 bridgehead atoms. The summed E-state index contributed by atoms with van der Waals surface area (Å²) in [6, 6.07) is 12.1. The Bertz CT molecular complexity index is 762. The third-order valence-corrected chi connectivity index (χ3v) is 3.81. The first-order valence-corrected chi connectivity index (χ1v) is 8.06. The van der Waals surface area contributed by atoms with E-state index in [4.69, 9.17) is 4.74 Å². The fourth-order valence-electron chi connectivity index (χ4n) is 2.29. The van der Waals surface area contributed by atoms with Gasteiger partial charge in [0.15, 0.2) is 11.5 Å². The summed E-state index contributed by atoms with van der Waals surface area (Å²) < 4.78 is 5.48. The molecule has 0 fully saturated rings. The number of aromatic hydroxyl groups is 2. The van der Waals surface area contributed by atoms with Gasteiger partial charge in [-0.15, -0.1) is 0 Å². The Morgan fingerprint density at radius 3 is 2.35 bits per heavy atom. The lowest BCUT2D eigenvalue weighted by atomic mass is 10.0. The topological polar surface area (TPSA) is 116 Å². The van der Waals surface area contributed by atoms with E-state index >= 15 is 0 Å². The monoisotopic (exact) mass is 359 g/mol. The summed E-state index contributed by atoms with van der Waals surface area (Å²) in [5.74, 6) is -2.40. The Labute approximate surface area is 150 Å². The summed E-state index contributed by atoms with van der Waals surface area (Å²) in [6.45, 7) is 1.78. The van der Waals surface area contributed by atoms with E-state index < -0.39 is 24.0 Å². The smallest absolute Gasteiger partial charge is 0.326 e. The molecule has 7 heteroatoms. The number of phenolic OH excluding ortho intramolecular Hbond substituents is 2. The molecule has 1 amide bonds. The molecule has 2 aromatic rings. The molecule has 0 aromatic heterocycles. The molecule has 2 atom stereocenters. The minimum atomic E-state index is -1.21. The Balaban J connectivity index is 1.94. The molecule has 0 spiro atoms. The van der Waals surface area contributed by atoms with Crippen LogP contribution in [0.3, 0.4) is 0 Å². The number of carboxylic acid groups (broad SMARTS) is 1. The second-order valence-corrected chi connectivity index (χ2v) is 5.87. The number of carbonyl (C=O) groups excluding carboxylic acids is 1. The zero-order valence-electron chi connectivity index (χ0n) is 14.3. The fraction of sp³-hybridized carbons (Fsp3) is 0.263. The van der Waals surface area contributed by atoms with E-state index in [-0.39, 0.29) is 24.5 Å². The standard InChI is InChI=1S/C19H21NO6/c1-12(26-11-13-5-3-2-4-6-13)18(23)20-15(19(24)25)9-14-7-8-16(21)17(22)10-14/h2-8,10,12,15,21-22H,9,11H2,1H3,(H,20,23)(H,24,25). The number of amides is 1. The molecule has 7 nitrogen and oxygen atoms in total. The van der Waals surface area contributed by atoms with Gasteiger partial charge in [-0.05, 0) is 30.2 Å². The van der Waals surface area contributed by atoms with Crippen LogP contribution in [0.1, 0.15) is 18.1 Å². The SMILES string of the molecule is CC(OCc1ccccc1)C(=O)NC(Cc1ccc(O)c(O)c1)C(=O)O. The minimum Gasteiger partial charge on any atom is -0.504 e. The number of aliphatic carboxylic acids is 1. The number of ether oxygens (including phenoxy) is 1. The van der Waals surface area contributed by atoms with Crippen LogP contribution in [-0.2, 0) is 27.4 Å². The molecule has 0 heterocycles. The highest BCUT2D eigenvalue weighted by molar-refractivity contribution is 5.86. The molecular weight excluding hydrogens is 338 g/mol. The van der Waals surface area contributed by atoms with Gasteiger partial charge in [-0.3, -0.25) is 4.79 Å². The van der Waals surface area contributed by atoms with E-state index in [9.17, 15) is 24.9 Å². The van der Waals surface area contributed by atoms with Gasteiger partial charge in [-0.1, -0.05) is 36.4 Å². The minimum absolute atomic E-state index is 0.0414. The summed E-state index contributed by atoms with van der Waals surface area (Å²) in [7, 11) is 0. The molecule has 26 heavy (non-hydrogen) atoms. The summed E-state index contributed by atoms with van der Waals surface area (Å²) in [4.78, 5) is 23.6. The van der Waals surface area contributed by atoms with E-state index in [1.54, 1.807) is 6.92 Å². The maximum absolute atomic E-state index is 12.2. The van der Waals surface area contributed by atoms with Gasteiger partial charge in [0.25, 0.3) is 0 Å². The van der Waals surface area contributed by atoms with Crippen LogP contribution in [0.15, 0.2) is 48.5 Å². The van der Waals surface area contributed by atoms with E-state index in [1.807, 2.05) is 30.3 Å². The Morgan fingerprint density at radius 2 is 1.73 bits per heavy atom. The molecule has 0 aliphatic rings. The van der Waals surface area contributed by atoms with Crippen molar-refractivity contribution in [1.29, 1.82) is 0 Å². The van der Waals surface area contributed by atoms with Crippen LogP contribution in [-0.4, -0.2) is 39.3 Å². The van der Waals surface area contributed by atoms with Crippen molar-refractivity contribution in [3.8, 4) is 11.5 Å². The maximum Gasteiger partial charge on any atom is 0.326 e. The zero-order valence-corrected chi connectivity index (χ0v) is 14.3. The van der Waals surface area contributed by atoms with E-state index in [2.05, 4.69) is 5.32 Å². The average molecular weight is 359 g/mol. The summed E-state index contributed by atoms with van der Waals surface area (Å²) in [5.41, 5.74) is 1.37. The third kappa shape index (κ3) is 5.49. The maximum atomic E-state index is 12.2. The molecular formula is C19H21NO6. The first kappa shape index (κ1) is 19.3. The quantitative estimate of drug-likeness (QED) is 0.534. The summed E-state index contributed by atoms with van der Waals surface area (Å²) in [6.07, 6.45) is -0.870. The number of hydrogen-bond donors (Lipinski definition) is 4. The van der Waals surface area contributed by atoms with Gasteiger partial charge < -0.3 is 25.4 Å². The van der Waals surface area contributed by atoms with Crippen LogP contribution in [0.25, 0.3) is 0 Å². The normalized spacial score (nSPS) is 13.0.